The van der Waals surface area contributed by atoms with Gasteiger partial charge in [-0.1, -0.05) is 20.3 Å². The van der Waals surface area contributed by atoms with E-state index in [9.17, 15) is 4.79 Å². The standard InChI is InChI=1S/C7H13O2/c1-3-4-7(2)5-9-6-8/h6-7H,1,3-5H2,2H3. The van der Waals surface area contributed by atoms with Crippen molar-refractivity contribution in [1.29, 1.82) is 0 Å². The predicted molar refractivity (Wildman–Crippen MR) is 35.8 cm³/mol. The van der Waals surface area contributed by atoms with Gasteiger partial charge >= 0.3 is 0 Å². The van der Waals surface area contributed by atoms with Crippen LogP contribution in [-0.4, -0.2) is 13.1 Å². The number of carbonyl (C=O) groups is 1. The molecular weight excluding hydrogens is 116 g/mol. The third-order valence-electron chi connectivity index (χ3n) is 1.15. The van der Waals surface area contributed by atoms with E-state index in [0.717, 1.165) is 12.8 Å². The van der Waals surface area contributed by atoms with E-state index >= 15 is 0 Å². The Morgan fingerprint density at radius 3 is 2.89 bits per heavy atom. The largest absolute Gasteiger partial charge is 0.468 e. The lowest BCUT2D eigenvalue weighted by Crippen LogP contribution is -2.03. The molecule has 0 rings (SSSR count). The Hall–Kier alpha value is -0.530. The van der Waals surface area contributed by atoms with E-state index in [1.807, 2.05) is 6.92 Å². The average molecular weight is 129 g/mol. The molecule has 0 saturated heterocycles. The van der Waals surface area contributed by atoms with Gasteiger partial charge in [-0.2, -0.15) is 0 Å². The normalized spacial score (nSPS) is 12.7. The summed E-state index contributed by atoms with van der Waals surface area (Å²) in [6.45, 7) is 6.74. The van der Waals surface area contributed by atoms with Crippen molar-refractivity contribution in [2.45, 2.75) is 19.8 Å². The first-order valence-corrected chi connectivity index (χ1v) is 3.15. The Morgan fingerprint density at radius 2 is 2.44 bits per heavy atom. The molecule has 1 unspecified atom stereocenters. The van der Waals surface area contributed by atoms with Gasteiger partial charge in [-0.05, 0) is 12.3 Å². The van der Waals surface area contributed by atoms with Crippen molar-refractivity contribution in [2.24, 2.45) is 5.92 Å². The monoisotopic (exact) mass is 129 g/mol. The lowest BCUT2D eigenvalue weighted by Gasteiger charge is -2.06. The number of rotatable bonds is 5. The Kier molecular flexibility index (Phi) is 5.27. The van der Waals surface area contributed by atoms with Gasteiger partial charge < -0.3 is 4.74 Å². The zero-order valence-corrected chi connectivity index (χ0v) is 5.80. The fourth-order valence-corrected chi connectivity index (χ4v) is 0.635. The summed E-state index contributed by atoms with van der Waals surface area (Å²) in [5, 5.41) is 0. The van der Waals surface area contributed by atoms with Crippen molar-refractivity contribution in [1.82, 2.24) is 0 Å². The fraction of sp³-hybridized carbons (Fsp3) is 0.714. The highest BCUT2D eigenvalue weighted by Gasteiger charge is 1.98. The molecule has 0 N–H and O–H groups in total. The van der Waals surface area contributed by atoms with Gasteiger partial charge in [0.25, 0.3) is 6.47 Å². The molecular formula is C7H13O2. The van der Waals surface area contributed by atoms with Crippen molar-refractivity contribution in [3.05, 3.63) is 6.92 Å². The van der Waals surface area contributed by atoms with E-state index in [1.54, 1.807) is 0 Å². The van der Waals surface area contributed by atoms with Crippen molar-refractivity contribution in [3.8, 4) is 0 Å². The quantitative estimate of drug-likeness (QED) is 0.524. The second-order valence-electron chi connectivity index (χ2n) is 2.18. The molecule has 0 spiro atoms. The Bertz CT molecular complexity index is 71.3. The number of hydrogen-bond acceptors (Lipinski definition) is 2. The molecule has 0 fully saturated rings. The molecule has 9 heavy (non-hydrogen) atoms. The molecule has 1 atom stereocenters. The van der Waals surface area contributed by atoms with Crippen molar-refractivity contribution in [3.63, 3.8) is 0 Å². The lowest BCUT2D eigenvalue weighted by atomic mass is 10.1. The summed E-state index contributed by atoms with van der Waals surface area (Å²) < 4.78 is 4.54. The van der Waals surface area contributed by atoms with Crippen molar-refractivity contribution >= 4 is 6.47 Å². The maximum Gasteiger partial charge on any atom is 0.293 e. The van der Waals surface area contributed by atoms with Crippen LogP contribution < -0.4 is 0 Å². The number of ether oxygens (including phenoxy) is 1. The van der Waals surface area contributed by atoms with Gasteiger partial charge in [0.15, 0.2) is 0 Å². The third kappa shape index (κ3) is 5.34. The third-order valence-corrected chi connectivity index (χ3v) is 1.15. The van der Waals surface area contributed by atoms with E-state index in [1.165, 1.54) is 0 Å². The minimum absolute atomic E-state index is 0.452. The van der Waals surface area contributed by atoms with E-state index in [0.29, 0.717) is 19.0 Å². The molecule has 0 aliphatic rings. The Labute approximate surface area is 56.2 Å². The molecule has 0 aromatic rings. The summed E-state index contributed by atoms with van der Waals surface area (Å²) in [6.07, 6.45) is 1.93. The van der Waals surface area contributed by atoms with Gasteiger partial charge in [-0.15, -0.1) is 0 Å². The van der Waals surface area contributed by atoms with Gasteiger partial charge in [0.05, 0.1) is 6.61 Å². The highest BCUT2D eigenvalue weighted by Crippen LogP contribution is 2.03. The van der Waals surface area contributed by atoms with Crippen molar-refractivity contribution in [2.75, 3.05) is 6.61 Å². The van der Waals surface area contributed by atoms with Crippen LogP contribution in [0.3, 0.4) is 0 Å². The molecule has 2 heteroatoms. The minimum atomic E-state index is 0.452. The highest BCUT2D eigenvalue weighted by molar-refractivity contribution is 5.36. The van der Waals surface area contributed by atoms with Crippen LogP contribution >= 0.6 is 0 Å². The van der Waals surface area contributed by atoms with Crippen LogP contribution in [0.1, 0.15) is 19.8 Å². The van der Waals surface area contributed by atoms with E-state index in [4.69, 9.17) is 0 Å². The predicted octanol–water partition coefficient (Wildman–Crippen LogP) is 1.41. The molecule has 0 amide bonds. The molecule has 0 aliphatic heterocycles. The van der Waals surface area contributed by atoms with Crippen LogP contribution in [0.4, 0.5) is 0 Å². The summed E-state index contributed by atoms with van der Waals surface area (Å²) in [5.74, 6) is 0.452. The van der Waals surface area contributed by atoms with Crippen LogP contribution in [0.2, 0.25) is 0 Å². The summed E-state index contributed by atoms with van der Waals surface area (Å²) in [7, 11) is 0. The zero-order valence-electron chi connectivity index (χ0n) is 5.80. The smallest absolute Gasteiger partial charge is 0.293 e. The maximum atomic E-state index is 9.68. The first kappa shape index (κ1) is 8.47. The number of hydrogen-bond donors (Lipinski definition) is 0. The molecule has 0 aliphatic carbocycles. The molecule has 1 radical (unpaired) electrons. The van der Waals surface area contributed by atoms with Crippen LogP contribution in [0.25, 0.3) is 0 Å². The molecule has 2 nitrogen and oxygen atoms in total. The Morgan fingerprint density at radius 1 is 1.78 bits per heavy atom. The topological polar surface area (TPSA) is 26.3 Å². The molecule has 0 bridgehead atoms. The van der Waals surface area contributed by atoms with Crippen LogP contribution in [0, 0.1) is 12.8 Å². The van der Waals surface area contributed by atoms with E-state index in [2.05, 4.69) is 11.7 Å². The Balaban J connectivity index is 3.04. The second-order valence-corrected chi connectivity index (χ2v) is 2.18. The summed E-state index contributed by atoms with van der Waals surface area (Å²) in [6, 6.07) is 0. The average Bonchev–Trinajstić information content (AvgIpc) is 1.85. The van der Waals surface area contributed by atoms with Gasteiger partial charge in [-0.3, -0.25) is 4.79 Å². The van der Waals surface area contributed by atoms with Crippen LogP contribution in [0.15, 0.2) is 0 Å². The number of carbonyl (C=O) groups excluding carboxylic acids is 1. The first-order chi connectivity index (χ1) is 4.31. The maximum absolute atomic E-state index is 9.68. The van der Waals surface area contributed by atoms with E-state index in [-0.39, 0.29) is 0 Å². The summed E-state index contributed by atoms with van der Waals surface area (Å²) in [5.41, 5.74) is 0. The van der Waals surface area contributed by atoms with Crippen LogP contribution in [-0.2, 0) is 9.53 Å². The summed E-state index contributed by atoms with van der Waals surface area (Å²) in [4.78, 5) is 9.68. The fourth-order valence-electron chi connectivity index (χ4n) is 0.635. The van der Waals surface area contributed by atoms with Gasteiger partial charge in [-0.25, -0.2) is 0 Å². The minimum Gasteiger partial charge on any atom is -0.468 e. The van der Waals surface area contributed by atoms with Crippen molar-refractivity contribution < 1.29 is 9.53 Å². The summed E-state index contributed by atoms with van der Waals surface area (Å²) >= 11 is 0. The molecule has 0 saturated carbocycles. The molecule has 53 valence electrons. The molecule has 0 aromatic carbocycles. The zero-order chi connectivity index (χ0) is 7.11. The SMILES string of the molecule is [CH2]CCC(C)COC=O. The highest BCUT2D eigenvalue weighted by atomic mass is 16.5. The van der Waals surface area contributed by atoms with Gasteiger partial charge in [0, 0.05) is 0 Å². The second kappa shape index (κ2) is 5.60. The van der Waals surface area contributed by atoms with Gasteiger partial charge in [0.2, 0.25) is 0 Å². The molecule has 0 heterocycles. The van der Waals surface area contributed by atoms with Crippen LogP contribution in [0.5, 0.6) is 0 Å². The lowest BCUT2D eigenvalue weighted by molar-refractivity contribution is -0.129. The van der Waals surface area contributed by atoms with E-state index < -0.39 is 0 Å². The molecule has 0 aromatic heterocycles. The first-order valence-electron chi connectivity index (χ1n) is 3.15. The van der Waals surface area contributed by atoms with Gasteiger partial charge in [0.1, 0.15) is 0 Å².